The highest BCUT2D eigenvalue weighted by atomic mass is 19.3. The van der Waals surface area contributed by atoms with E-state index in [1.807, 2.05) is 0 Å². The number of hydrogen-bond donors (Lipinski definition) is 1. The van der Waals surface area contributed by atoms with Gasteiger partial charge in [0.05, 0.1) is 0 Å². The zero-order valence-corrected chi connectivity index (χ0v) is 6.89. The standard InChI is InChI=1S/C9H8F3O/c1-8(10,13)9(11,12)7-5-3-2-4-6-7/h3-6,13H,1H3. The molecule has 1 aromatic carbocycles. The van der Waals surface area contributed by atoms with E-state index >= 15 is 0 Å². The third-order valence-electron chi connectivity index (χ3n) is 1.65. The van der Waals surface area contributed by atoms with Crippen LogP contribution in [0.5, 0.6) is 0 Å². The molecule has 71 valence electrons. The Morgan fingerprint density at radius 1 is 1.23 bits per heavy atom. The summed E-state index contributed by atoms with van der Waals surface area (Å²) in [5.41, 5.74) is -0.571. The molecule has 0 saturated heterocycles. The first-order chi connectivity index (χ1) is 5.86. The lowest BCUT2D eigenvalue weighted by molar-refractivity contribution is -0.248. The average molecular weight is 189 g/mol. The van der Waals surface area contributed by atoms with E-state index in [1.165, 1.54) is 12.1 Å². The van der Waals surface area contributed by atoms with Gasteiger partial charge in [-0.05, 0) is 6.07 Å². The highest BCUT2D eigenvalue weighted by Gasteiger charge is 2.51. The molecule has 0 heterocycles. The van der Waals surface area contributed by atoms with Crippen LogP contribution in [0.3, 0.4) is 0 Å². The largest absolute Gasteiger partial charge is 0.357 e. The second kappa shape index (κ2) is 3.03. The molecule has 1 rings (SSSR count). The van der Waals surface area contributed by atoms with Crippen molar-refractivity contribution in [3.63, 3.8) is 0 Å². The van der Waals surface area contributed by atoms with Gasteiger partial charge < -0.3 is 5.11 Å². The molecule has 1 radical (unpaired) electrons. The molecule has 0 amide bonds. The molecule has 0 aliphatic rings. The summed E-state index contributed by atoms with van der Waals surface area (Å²) in [6, 6.07) is 7.00. The zero-order chi connectivity index (χ0) is 10.1. The quantitative estimate of drug-likeness (QED) is 0.756. The van der Waals surface area contributed by atoms with E-state index in [1.54, 1.807) is 0 Å². The fraction of sp³-hybridized carbons (Fsp3) is 0.333. The molecule has 13 heavy (non-hydrogen) atoms. The highest BCUT2D eigenvalue weighted by Crippen LogP contribution is 2.39. The molecule has 4 heteroatoms. The Labute approximate surface area is 73.8 Å². The molecule has 0 spiro atoms. The maximum absolute atomic E-state index is 13.0. The number of hydrogen-bond acceptors (Lipinski definition) is 1. The van der Waals surface area contributed by atoms with Gasteiger partial charge in [-0.1, -0.05) is 24.3 Å². The van der Waals surface area contributed by atoms with Gasteiger partial charge in [-0.15, -0.1) is 0 Å². The van der Waals surface area contributed by atoms with Gasteiger partial charge in [0.15, 0.2) is 0 Å². The third-order valence-corrected chi connectivity index (χ3v) is 1.65. The molecule has 1 unspecified atom stereocenters. The summed E-state index contributed by atoms with van der Waals surface area (Å²) in [6.07, 6.45) is 0. The molecule has 1 N–H and O–H groups in total. The van der Waals surface area contributed by atoms with E-state index < -0.39 is 17.3 Å². The third kappa shape index (κ3) is 1.83. The summed E-state index contributed by atoms with van der Waals surface area (Å²) in [5, 5.41) is 8.57. The molecule has 0 aromatic heterocycles. The van der Waals surface area contributed by atoms with Crippen LogP contribution in [0.1, 0.15) is 12.5 Å². The first kappa shape index (κ1) is 10.1. The second-order valence-electron chi connectivity index (χ2n) is 2.82. The lowest BCUT2D eigenvalue weighted by Crippen LogP contribution is -2.38. The number of alkyl halides is 3. The van der Waals surface area contributed by atoms with E-state index in [4.69, 9.17) is 5.11 Å². The van der Waals surface area contributed by atoms with Crippen molar-refractivity contribution in [2.24, 2.45) is 0 Å². The number of aliphatic hydroxyl groups is 1. The van der Waals surface area contributed by atoms with Crippen molar-refractivity contribution < 1.29 is 18.3 Å². The van der Waals surface area contributed by atoms with Crippen LogP contribution >= 0.6 is 0 Å². The molecular weight excluding hydrogens is 181 g/mol. The first-order valence-corrected chi connectivity index (χ1v) is 3.61. The molecule has 1 atom stereocenters. The van der Waals surface area contributed by atoms with Gasteiger partial charge in [0.2, 0.25) is 0 Å². The molecule has 0 aliphatic carbocycles. The predicted octanol–water partition coefficient (Wildman–Crippen LogP) is 2.26. The lowest BCUT2D eigenvalue weighted by atomic mass is 10.0. The Morgan fingerprint density at radius 2 is 1.69 bits per heavy atom. The monoisotopic (exact) mass is 189 g/mol. The van der Waals surface area contributed by atoms with Crippen molar-refractivity contribution >= 4 is 0 Å². The van der Waals surface area contributed by atoms with Crippen LogP contribution in [0.2, 0.25) is 0 Å². The summed E-state index contributed by atoms with van der Waals surface area (Å²) in [5.74, 6) is -7.45. The van der Waals surface area contributed by atoms with Gasteiger partial charge in [0.25, 0.3) is 5.85 Å². The molecule has 0 fully saturated rings. The maximum atomic E-state index is 13.0. The Balaban J connectivity index is 3.08. The predicted molar refractivity (Wildman–Crippen MR) is 40.9 cm³/mol. The molecule has 0 aliphatic heterocycles. The first-order valence-electron chi connectivity index (χ1n) is 3.61. The smallest absolute Gasteiger partial charge is 0.330 e. The summed E-state index contributed by atoms with van der Waals surface area (Å²) < 4.78 is 38.7. The van der Waals surface area contributed by atoms with Crippen molar-refractivity contribution in [1.82, 2.24) is 0 Å². The Morgan fingerprint density at radius 3 is 2.08 bits per heavy atom. The molecular formula is C9H8F3O. The zero-order valence-electron chi connectivity index (χ0n) is 6.89. The summed E-state index contributed by atoms with van der Waals surface area (Å²) in [6.45, 7) is 0.420. The number of benzene rings is 1. The van der Waals surface area contributed by atoms with Gasteiger partial charge in [-0.2, -0.15) is 8.78 Å². The molecule has 1 nitrogen and oxygen atoms in total. The summed E-state index contributed by atoms with van der Waals surface area (Å²) in [4.78, 5) is 0. The van der Waals surface area contributed by atoms with Crippen LogP contribution in [0.15, 0.2) is 24.3 Å². The van der Waals surface area contributed by atoms with Gasteiger partial charge >= 0.3 is 5.92 Å². The summed E-state index contributed by atoms with van der Waals surface area (Å²) in [7, 11) is 0. The minimum atomic E-state index is -3.90. The van der Waals surface area contributed by atoms with Gasteiger partial charge in [0, 0.05) is 12.5 Å². The normalized spacial score (nSPS) is 16.7. The fourth-order valence-electron chi connectivity index (χ4n) is 0.860. The Bertz CT molecular complexity index is 277. The lowest BCUT2D eigenvalue weighted by Gasteiger charge is -2.25. The van der Waals surface area contributed by atoms with Gasteiger partial charge in [0.1, 0.15) is 0 Å². The average Bonchev–Trinajstić information content (AvgIpc) is 2.04. The molecule has 1 aromatic rings. The number of halogens is 3. The van der Waals surface area contributed by atoms with Crippen LogP contribution < -0.4 is 0 Å². The fourth-order valence-corrected chi connectivity index (χ4v) is 0.860. The van der Waals surface area contributed by atoms with Gasteiger partial charge in [-0.3, -0.25) is 0 Å². The minimum absolute atomic E-state index is 0.420. The van der Waals surface area contributed by atoms with E-state index in [-0.39, 0.29) is 0 Å². The van der Waals surface area contributed by atoms with Crippen LogP contribution in [0, 0.1) is 6.07 Å². The van der Waals surface area contributed by atoms with Crippen LogP contribution in [-0.2, 0) is 5.92 Å². The Hall–Kier alpha value is -1.03. The van der Waals surface area contributed by atoms with Crippen molar-refractivity contribution in [3.05, 3.63) is 35.9 Å². The van der Waals surface area contributed by atoms with Crippen molar-refractivity contribution in [2.75, 3.05) is 0 Å². The van der Waals surface area contributed by atoms with Crippen LogP contribution in [-0.4, -0.2) is 11.0 Å². The van der Waals surface area contributed by atoms with E-state index in [0.29, 0.717) is 6.92 Å². The van der Waals surface area contributed by atoms with Crippen molar-refractivity contribution in [3.8, 4) is 0 Å². The van der Waals surface area contributed by atoms with Crippen LogP contribution in [0.4, 0.5) is 13.2 Å². The van der Waals surface area contributed by atoms with Crippen molar-refractivity contribution in [1.29, 1.82) is 0 Å². The second-order valence-corrected chi connectivity index (χ2v) is 2.82. The Kier molecular flexibility index (Phi) is 2.34. The minimum Gasteiger partial charge on any atom is -0.357 e. The van der Waals surface area contributed by atoms with E-state index in [9.17, 15) is 13.2 Å². The summed E-state index contributed by atoms with van der Waals surface area (Å²) >= 11 is 0. The molecule has 0 bridgehead atoms. The molecule has 0 saturated carbocycles. The van der Waals surface area contributed by atoms with E-state index in [2.05, 4.69) is 6.07 Å². The van der Waals surface area contributed by atoms with Crippen LogP contribution in [0.25, 0.3) is 0 Å². The highest BCUT2D eigenvalue weighted by molar-refractivity contribution is 5.21. The van der Waals surface area contributed by atoms with E-state index in [0.717, 1.165) is 12.1 Å². The van der Waals surface area contributed by atoms with Crippen molar-refractivity contribution in [2.45, 2.75) is 18.7 Å². The SMILES string of the molecule is CC(O)(F)C(F)(F)c1cc[c]cc1. The van der Waals surface area contributed by atoms with Gasteiger partial charge in [-0.25, -0.2) is 4.39 Å². The maximum Gasteiger partial charge on any atom is 0.330 e. The topological polar surface area (TPSA) is 20.2 Å². The number of rotatable bonds is 2.